The Morgan fingerprint density at radius 3 is 2.40 bits per heavy atom. The fourth-order valence-electron chi connectivity index (χ4n) is 7.70. The summed E-state index contributed by atoms with van der Waals surface area (Å²) in [4.78, 5) is 65.0. The van der Waals surface area contributed by atoms with Crippen molar-refractivity contribution in [1.82, 2.24) is 4.90 Å². The summed E-state index contributed by atoms with van der Waals surface area (Å²) in [5.74, 6) is -7.59. The number of nitrogens with zero attached hydrogens (tertiary/aromatic N) is 2. The number of allylic oxidation sites excluding steroid dienone is 2. The van der Waals surface area contributed by atoms with Crippen molar-refractivity contribution in [2.24, 2.45) is 17.8 Å². The first-order chi connectivity index (χ1) is 22.3. The zero-order valence-corrected chi connectivity index (χ0v) is 28.1. The van der Waals surface area contributed by atoms with Crippen molar-refractivity contribution in [2.45, 2.75) is 54.2 Å². The summed E-state index contributed by atoms with van der Waals surface area (Å²) >= 11 is 18.1. The van der Waals surface area contributed by atoms with E-state index >= 15 is 0 Å². The van der Waals surface area contributed by atoms with Gasteiger partial charge in [-0.2, -0.15) is 0 Å². The highest BCUT2D eigenvalue weighted by Gasteiger charge is 2.76. The lowest BCUT2D eigenvalue weighted by Gasteiger charge is -2.50. The Kier molecular flexibility index (Phi) is 8.67. The first-order valence-corrected chi connectivity index (χ1v) is 16.7. The number of phenols is 1. The average Bonchev–Trinajstić information content (AvgIpc) is 3.36. The summed E-state index contributed by atoms with van der Waals surface area (Å²) in [6.07, 6.45) is 3.09. The molecule has 2 N–H and O–H groups in total. The molecule has 10 nitrogen and oxygen atoms in total. The van der Waals surface area contributed by atoms with Crippen molar-refractivity contribution < 1.29 is 43.3 Å². The Labute approximate surface area is 287 Å². The molecule has 4 aliphatic rings. The highest BCUT2D eigenvalue weighted by atomic mass is 79.9. The van der Waals surface area contributed by atoms with Gasteiger partial charge in [0, 0.05) is 18.9 Å². The maximum absolute atomic E-state index is 14.4. The van der Waals surface area contributed by atoms with Crippen molar-refractivity contribution >= 4 is 74.4 Å². The van der Waals surface area contributed by atoms with Gasteiger partial charge in [0.15, 0.2) is 21.2 Å². The molecule has 248 valence electrons. The third kappa shape index (κ3) is 5.05. The van der Waals surface area contributed by atoms with E-state index in [9.17, 15) is 33.5 Å². The van der Waals surface area contributed by atoms with Crippen LogP contribution in [0.3, 0.4) is 0 Å². The van der Waals surface area contributed by atoms with Crippen LogP contribution < -0.4 is 9.64 Å². The quantitative estimate of drug-likeness (QED) is 0.148. The normalized spacial score (nSPS) is 29.9. The van der Waals surface area contributed by atoms with Crippen molar-refractivity contribution in [3.8, 4) is 11.5 Å². The molecule has 0 bridgehead atoms. The molecule has 0 radical (unpaired) electrons. The number of hydrogen-bond donors (Lipinski definition) is 2. The number of alkyl halides is 2. The molecule has 0 spiro atoms. The fourth-order valence-corrected chi connectivity index (χ4v) is 9.09. The molecule has 14 heteroatoms. The van der Waals surface area contributed by atoms with E-state index in [4.69, 9.17) is 33.0 Å². The van der Waals surface area contributed by atoms with Crippen LogP contribution in [0.4, 0.5) is 10.1 Å². The maximum atomic E-state index is 14.4. The molecule has 6 unspecified atom stereocenters. The minimum atomic E-state index is -2.13. The number of methoxy groups -OCH3 is 1. The van der Waals surface area contributed by atoms with Crippen LogP contribution in [0.15, 0.2) is 52.5 Å². The van der Waals surface area contributed by atoms with Crippen LogP contribution in [0.1, 0.15) is 50.0 Å². The number of halogens is 4. The molecule has 2 heterocycles. The molecular weight excluding hydrogens is 722 g/mol. The van der Waals surface area contributed by atoms with Gasteiger partial charge >= 0.3 is 5.97 Å². The predicted octanol–water partition coefficient (Wildman–Crippen LogP) is 5.51. The van der Waals surface area contributed by atoms with E-state index in [1.54, 1.807) is 12.1 Å². The van der Waals surface area contributed by atoms with Gasteiger partial charge in [0.2, 0.25) is 11.8 Å². The number of carbonyl (C=O) groups is 5. The third-order valence-corrected chi connectivity index (χ3v) is 11.9. The SMILES string of the molecule is COc1cc(C2C3=CCC4C(=O)N(CCCCCC(=O)O)C(=O)C4C3CC3(Cl)C(=O)N(c4ccc(F)cc4)C(=O)C23Cl)cc(Br)c1O. The van der Waals surface area contributed by atoms with Gasteiger partial charge in [-0.15, -0.1) is 23.2 Å². The van der Waals surface area contributed by atoms with Gasteiger partial charge in [-0.25, -0.2) is 9.29 Å². The number of rotatable bonds is 9. The molecule has 47 heavy (non-hydrogen) atoms. The first-order valence-electron chi connectivity index (χ1n) is 15.1. The number of fused-ring (bicyclic) bond motifs is 4. The summed E-state index contributed by atoms with van der Waals surface area (Å²) in [5.41, 5.74) is 0.994. The highest BCUT2D eigenvalue weighted by Crippen LogP contribution is 2.66. The number of aliphatic carboxylic acids is 1. The van der Waals surface area contributed by atoms with Crippen LogP contribution in [0.2, 0.25) is 0 Å². The number of phenolic OH excluding ortho intramolecular Hbond substituents is 1. The summed E-state index contributed by atoms with van der Waals surface area (Å²) in [6.45, 7) is 0.124. The number of carboxylic acids is 1. The molecule has 2 aliphatic heterocycles. The Hall–Kier alpha value is -3.48. The van der Waals surface area contributed by atoms with E-state index in [0.29, 0.717) is 30.4 Å². The number of benzene rings is 2. The Morgan fingerprint density at radius 1 is 1.04 bits per heavy atom. The number of likely N-dealkylation sites (tertiary alicyclic amines) is 1. The number of hydrogen-bond acceptors (Lipinski definition) is 7. The summed E-state index contributed by atoms with van der Waals surface area (Å²) in [6, 6.07) is 7.78. The number of aromatic hydroxyl groups is 1. The van der Waals surface area contributed by atoms with E-state index in [-0.39, 0.29) is 53.4 Å². The van der Waals surface area contributed by atoms with Crippen molar-refractivity contribution in [1.29, 1.82) is 0 Å². The van der Waals surface area contributed by atoms with Crippen molar-refractivity contribution in [2.75, 3.05) is 18.6 Å². The predicted molar refractivity (Wildman–Crippen MR) is 172 cm³/mol. The zero-order chi connectivity index (χ0) is 34.0. The van der Waals surface area contributed by atoms with Gasteiger partial charge in [0.25, 0.3) is 11.8 Å². The largest absolute Gasteiger partial charge is 0.503 e. The average molecular weight is 752 g/mol. The lowest BCUT2D eigenvalue weighted by atomic mass is 9.56. The van der Waals surface area contributed by atoms with Crippen LogP contribution >= 0.6 is 39.1 Å². The van der Waals surface area contributed by atoms with Gasteiger partial charge in [-0.1, -0.05) is 18.1 Å². The number of imide groups is 2. The number of carbonyl (C=O) groups excluding carboxylic acids is 4. The van der Waals surface area contributed by atoms with E-state index in [1.807, 2.05) is 0 Å². The molecule has 4 amide bonds. The van der Waals surface area contributed by atoms with Crippen LogP contribution in [0, 0.1) is 23.6 Å². The van der Waals surface area contributed by atoms with Crippen molar-refractivity contribution in [3.05, 3.63) is 63.9 Å². The topological polar surface area (TPSA) is 142 Å². The molecule has 2 aliphatic carbocycles. The molecule has 6 atom stereocenters. The zero-order valence-electron chi connectivity index (χ0n) is 25.1. The van der Waals surface area contributed by atoms with Gasteiger partial charge in [0.1, 0.15) is 5.82 Å². The first kappa shape index (κ1) is 33.4. The van der Waals surface area contributed by atoms with Crippen LogP contribution in [-0.2, 0) is 24.0 Å². The smallest absolute Gasteiger partial charge is 0.303 e. The molecule has 2 aromatic rings. The van der Waals surface area contributed by atoms with Gasteiger partial charge in [-0.05, 0) is 89.5 Å². The number of carboxylic acid groups (broad SMARTS) is 1. The summed E-state index contributed by atoms with van der Waals surface area (Å²) < 4.78 is 19.4. The minimum Gasteiger partial charge on any atom is -0.503 e. The Bertz CT molecular complexity index is 1740. The standard InChI is InChI=1S/C33H30BrCl2FN2O8/c1-47-23-14-16(13-22(34)27(23)42)26-19-10-11-20-25(29(44)38(28(20)43)12-4-2-3-5-24(40)41)21(19)15-32(35)30(45)39(31(46)33(26,32)36)18-8-6-17(37)7-9-18/h6-10,13-14,20-21,25-26,42H,2-5,11-12,15H2,1H3,(H,40,41). The number of ether oxygens (including phenoxy) is 1. The van der Waals surface area contributed by atoms with E-state index in [0.717, 1.165) is 17.0 Å². The lowest BCUT2D eigenvalue weighted by molar-refractivity contribution is -0.141. The maximum Gasteiger partial charge on any atom is 0.303 e. The monoisotopic (exact) mass is 750 g/mol. The number of anilines is 1. The fraction of sp³-hybridized carbons (Fsp3) is 0.424. The van der Waals surface area contributed by atoms with Crippen LogP contribution in [0.5, 0.6) is 11.5 Å². The highest BCUT2D eigenvalue weighted by molar-refractivity contribution is 9.10. The molecule has 3 fully saturated rings. The van der Waals surface area contributed by atoms with Crippen LogP contribution in [0.25, 0.3) is 0 Å². The molecule has 2 saturated heterocycles. The molecule has 6 rings (SSSR count). The Morgan fingerprint density at radius 2 is 1.74 bits per heavy atom. The molecular formula is C33H30BrCl2FN2O8. The molecule has 0 aromatic heterocycles. The van der Waals surface area contributed by atoms with Gasteiger partial charge in [0.05, 0.1) is 29.1 Å². The molecule has 2 aromatic carbocycles. The van der Waals surface area contributed by atoms with Crippen molar-refractivity contribution in [3.63, 3.8) is 0 Å². The lowest BCUT2D eigenvalue weighted by Crippen LogP contribution is -2.60. The van der Waals surface area contributed by atoms with E-state index < -0.39 is 62.9 Å². The second kappa shape index (κ2) is 12.2. The third-order valence-electron chi connectivity index (χ3n) is 9.86. The van der Waals surface area contributed by atoms with Gasteiger partial charge in [-0.3, -0.25) is 28.9 Å². The second-order valence-electron chi connectivity index (χ2n) is 12.3. The number of amides is 4. The number of unbranched alkanes of at least 4 members (excludes halogenated alkanes) is 2. The van der Waals surface area contributed by atoms with Gasteiger partial charge < -0.3 is 14.9 Å². The van der Waals surface area contributed by atoms with E-state index in [2.05, 4.69) is 15.9 Å². The summed E-state index contributed by atoms with van der Waals surface area (Å²) in [7, 11) is 1.35. The minimum absolute atomic E-state index is 0.0122. The van der Waals surface area contributed by atoms with Crippen LogP contribution in [-0.4, -0.2) is 68.1 Å². The van der Waals surface area contributed by atoms with E-state index in [1.165, 1.54) is 30.2 Å². The Balaban J connectivity index is 1.45. The summed E-state index contributed by atoms with van der Waals surface area (Å²) in [5, 5.41) is 19.5. The molecule has 1 saturated carbocycles. The second-order valence-corrected chi connectivity index (χ2v) is 14.4.